The van der Waals surface area contributed by atoms with Gasteiger partial charge in [-0.15, -0.1) is 0 Å². The van der Waals surface area contributed by atoms with Gasteiger partial charge in [-0.3, -0.25) is 14.5 Å². The number of piperazine rings is 1. The maximum Gasteiger partial charge on any atom is 0.235 e. The van der Waals surface area contributed by atoms with Crippen molar-refractivity contribution in [1.82, 2.24) is 9.88 Å². The molecule has 0 aliphatic carbocycles. The van der Waals surface area contributed by atoms with E-state index in [1.54, 1.807) is 0 Å². The zero-order valence-corrected chi connectivity index (χ0v) is 31.6. The molecule has 0 saturated carbocycles. The Morgan fingerprint density at radius 3 is 2.04 bits per heavy atom. The summed E-state index contributed by atoms with van der Waals surface area (Å²) in [6.45, 7) is 8.11. The van der Waals surface area contributed by atoms with E-state index < -0.39 is 0 Å². The monoisotopic (exact) mass is 696 g/mol. The van der Waals surface area contributed by atoms with E-state index >= 15 is 0 Å². The molecule has 0 radical (unpaired) electrons. The van der Waals surface area contributed by atoms with Crippen molar-refractivity contribution in [3.05, 3.63) is 60.2 Å². The molecule has 0 bridgehead atoms. The molecule has 1 fully saturated rings. The molecular formula is C44H64N4O3. The second kappa shape index (κ2) is 21.8. The fourth-order valence-corrected chi connectivity index (χ4v) is 7.73. The van der Waals surface area contributed by atoms with E-state index in [0.29, 0.717) is 37.6 Å². The number of amides is 2. The van der Waals surface area contributed by atoms with Gasteiger partial charge in [0.05, 0.1) is 6.61 Å². The van der Waals surface area contributed by atoms with Crippen LogP contribution in [-0.2, 0) is 16.0 Å². The topological polar surface area (TPSA) is 66.0 Å². The zero-order valence-electron chi connectivity index (χ0n) is 31.6. The largest absolute Gasteiger partial charge is 0.478 e. The van der Waals surface area contributed by atoms with Gasteiger partial charge in [-0.05, 0) is 55.3 Å². The third kappa shape index (κ3) is 12.3. The van der Waals surface area contributed by atoms with Gasteiger partial charge in [0.25, 0.3) is 0 Å². The number of ether oxygens (including phenoxy) is 1. The van der Waals surface area contributed by atoms with Gasteiger partial charge in [0.15, 0.2) is 0 Å². The van der Waals surface area contributed by atoms with Crippen LogP contribution in [0.4, 0.5) is 11.5 Å². The minimum atomic E-state index is -0.140. The van der Waals surface area contributed by atoms with Crippen LogP contribution in [0.2, 0.25) is 0 Å². The summed E-state index contributed by atoms with van der Waals surface area (Å²) >= 11 is 0. The molecule has 3 aromatic rings. The number of benzene rings is 2. The van der Waals surface area contributed by atoms with E-state index in [1.165, 1.54) is 98.4 Å². The van der Waals surface area contributed by atoms with Crippen molar-refractivity contribution >= 4 is 34.1 Å². The maximum absolute atomic E-state index is 13.2. The minimum absolute atomic E-state index is 0.124. The normalized spacial score (nSPS) is 15.0. The Morgan fingerprint density at radius 2 is 1.33 bits per heavy atom. The van der Waals surface area contributed by atoms with E-state index in [0.717, 1.165) is 70.4 Å². The van der Waals surface area contributed by atoms with Gasteiger partial charge in [-0.2, -0.15) is 4.98 Å². The summed E-state index contributed by atoms with van der Waals surface area (Å²) in [5.41, 5.74) is 2.29. The molecule has 2 aromatic carbocycles. The Hall–Kier alpha value is -3.45. The Kier molecular flexibility index (Phi) is 16.6. The number of hydrogen-bond acceptors (Lipinski definition) is 6. The number of unbranched alkanes of at least 4 members (excludes halogenated alkanes) is 15. The molecule has 7 nitrogen and oxygen atoms in total. The third-order valence-corrected chi connectivity index (χ3v) is 10.8. The Labute approximate surface area is 308 Å². The third-order valence-electron chi connectivity index (χ3n) is 10.8. The standard InChI is InChI=1S/C44H64N4O3/c1-2-3-4-5-6-7-8-9-10-11-12-13-14-15-16-26-42(49)48-43(50)30-28-38-27-29-41(45-44(38)48)51-36-20-19-31-46-32-34-47(35-33-46)40-25-21-23-37-22-17-18-24-39(37)40/h17-18,21-25,27,29H,2-16,19-20,26,28,30-36H2,1H3. The number of hydrogen-bond donors (Lipinski definition) is 0. The fourth-order valence-electron chi connectivity index (χ4n) is 7.73. The molecule has 2 aliphatic heterocycles. The van der Waals surface area contributed by atoms with Crippen LogP contribution >= 0.6 is 0 Å². The summed E-state index contributed by atoms with van der Waals surface area (Å²) in [4.78, 5) is 37.2. The summed E-state index contributed by atoms with van der Waals surface area (Å²) in [5, 5.41) is 2.63. The second-order valence-corrected chi connectivity index (χ2v) is 14.8. The van der Waals surface area contributed by atoms with Crippen LogP contribution in [0.5, 0.6) is 5.88 Å². The van der Waals surface area contributed by atoms with E-state index in [9.17, 15) is 9.59 Å². The number of anilines is 2. The molecule has 0 unspecified atom stereocenters. The first-order valence-electron chi connectivity index (χ1n) is 20.6. The van der Waals surface area contributed by atoms with Gasteiger partial charge in [0.2, 0.25) is 17.7 Å². The average molecular weight is 697 g/mol. The van der Waals surface area contributed by atoms with Gasteiger partial charge in [-0.25, -0.2) is 4.90 Å². The number of rotatable bonds is 23. The first kappa shape index (κ1) is 38.8. The number of imide groups is 1. The van der Waals surface area contributed by atoms with Crippen LogP contribution in [0.3, 0.4) is 0 Å². The number of nitrogens with zero attached hydrogens (tertiary/aromatic N) is 4. The second-order valence-electron chi connectivity index (χ2n) is 14.8. The zero-order chi connectivity index (χ0) is 35.5. The van der Waals surface area contributed by atoms with E-state index in [4.69, 9.17) is 4.74 Å². The van der Waals surface area contributed by atoms with Gasteiger partial charge >= 0.3 is 0 Å². The molecule has 0 N–H and O–H groups in total. The minimum Gasteiger partial charge on any atom is -0.478 e. The number of carbonyl (C=O) groups excluding carboxylic acids is 2. The SMILES string of the molecule is CCCCCCCCCCCCCCCCCC(=O)N1C(=O)CCc2ccc(OCCCCN3CCN(c4cccc5ccccc45)CC3)nc21. The number of fused-ring (bicyclic) bond motifs is 2. The number of pyridine rings is 1. The molecule has 0 spiro atoms. The Morgan fingerprint density at radius 1 is 0.686 bits per heavy atom. The Bertz CT molecular complexity index is 1480. The molecule has 5 rings (SSSR count). The molecule has 2 amide bonds. The van der Waals surface area contributed by atoms with E-state index in [-0.39, 0.29) is 11.8 Å². The highest BCUT2D eigenvalue weighted by Crippen LogP contribution is 2.30. The number of aromatic nitrogens is 1. The average Bonchev–Trinajstić information content (AvgIpc) is 3.16. The molecular weight excluding hydrogens is 633 g/mol. The smallest absolute Gasteiger partial charge is 0.235 e. The van der Waals surface area contributed by atoms with Crippen molar-refractivity contribution in [2.45, 2.75) is 135 Å². The molecule has 2 aliphatic rings. The van der Waals surface area contributed by atoms with Crippen molar-refractivity contribution in [1.29, 1.82) is 0 Å². The van der Waals surface area contributed by atoms with Crippen LogP contribution in [0.15, 0.2) is 54.6 Å². The van der Waals surface area contributed by atoms with Crippen LogP contribution in [0.1, 0.15) is 134 Å². The lowest BCUT2D eigenvalue weighted by molar-refractivity contribution is -0.127. The summed E-state index contributed by atoms with van der Waals surface area (Å²) in [7, 11) is 0. The highest BCUT2D eigenvalue weighted by atomic mass is 16.5. The number of aryl methyl sites for hydroxylation is 1. The van der Waals surface area contributed by atoms with Crippen LogP contribution in [0.25, 0.3) is 10.8 Å². The van der Waals surface area contributed by atoms with Gasteiger partial charge < -0.3 is 9.64 Å². The molecule has 7 heteroatoms. The van der Waals surface area contributed by atoms with Gasteiger partial charge in [-0.1, -0.05) is 133 Å². The number of carbonyl (C=O) groups is 2. The van der Waals surface area contributed by atoms with Gasteiger partial charge in [0.1, 0.15) is 5.82 Å². The molecule has 278 valence electrons. The maximum atomic E-state index is 13.2. The van der Waals surface area contributed by atoms with Crippen LogP contribution < -0.4 is 14.5 Å². The van der Waals surface area contributed by atoms with E-state index in [1.807, 2.05) is 12.1 Å². The summed E-state index contributed by atoms with van der Waals surface area (Å²) < 4.78 is 6.04. The first-order valence-corrected chi connectivity index (χ1v) is 20.6. The highest BCUT2D eigenvalue weighted by molar-refractivity contribution is 6.15. The molecule has 1 aromatic heterocycles. The van der Waals surface area contributed by atoms with Crippen molar-refractivity contribution < 1.29 is 14.3 Å². The van der Waals surface area contributed by atoms with Crippen LogP contribution in [0, 0.1) is 0 Å². The molecule has 3 heterocycles. The van der Waals surface area contributed by atoms with Crippen molar-refractivity contribution in [2.24, 2.45) is 0 Å². The quantitative estimate of drug-likeness (QED) is 0.0920. The predicted octanol–water partition coefficient (Wildman–Crippen LogP) is 10.3. The lowest BCUT2D eigenvalue weighted by atomic mass is 10.0. The van der Waals surface area contributed by atoms with E-state index in [2.05, 4.69) is 64.2 Å². The lowest BCUT2D eigenvalue weighted by Crippen LogP contribution is -2.46. The first-order chi connectivity index (χ1) is 25.1. The van der Waals surface area contributed by atoms with Crippen LogP contribution in [-0.4, -0.2) is 61.0 Å². The van der Waals surface area contributed by atoms with Crippen molar-refractivity contribution in [2.75, 3.05) is 49.1 Å². The van der Waals surface area contributed by atoms with Gasteiger partial charge in [0, 0.05) is 56.2 Å². The summed E-state index contributed by atoms with van der Waals surface area (Å²) in [6, 6.07) is 19.1. The van der Waals surface area contributed by atoms with Crippen molar-refractivity contribution in [3.8, 4) is 5.88 Å². The Balaban J connectivity index is 0.938. The highest BCUT2D eigenvalue weighted by Gasteiger charge is 2.31. The summed E-state index contributed by atoms with van der Waals surface area (Å²) in [6.07, 6.45) is 22.7. The van der Waals surface area contributed by atoms with Crippen molar-refractivity contribution in [3.63, 3.8) is 0 Å². The summed E-state index contributed by atoms with van der Waals surface area (Å²) in [5.74, 6) is 0.718. The molecule has 0 atom stereocenters. The fraction of sp³-hybridized carbons (Fsp3) is 0.614. The lowest BCUT2D eigenvalue weighted by Gasteiger charge is -2.36. The predicted molar refractivity (Wildman–Crippen MR) is 212 cm³/mol. The molecule has 51 heavy (non-hydrogen) atoms. The molecule has 1 saturated heterocycles.